The van der Waals surface area contributed by atoms with Gasteiger partial charge in [-0.15, -0.1) is 0 Å². The van der Waals surface area contributed by atoms with E-state index in [1.165, 1.54) is 5.56 Å². The molecule has 2 aromatic carbocycles. The van der Waals surface area contributed by atoms with Crippen LogP contribution in [0.1, 0.15) is 22.8 Å². The molecule has 0 amide bonds. The molecular weight excluding hydrogens is 391 g/mol. The molecule has 0 spiro atoms. The lowest BCUT2D eigenvalue weighted by Gasteiger charge is -2.06. The number of aromatic amines is 1. The van der Waals surface area contributed by atoms with E-state index in [-0.39, 0.29) is 16.5 Å². The van der Waals surface area contributed by atoms with E-state index >= 15 is 0 Å². The predicted molar refractivity (Wildman–Crippen MR) is 101 cm³/mol. The number of sulfonamides is 1. The highest BCUT2D eigenvalue weighted by Crippen LogP contribution is 2.19. The molecule has 3 rings (SSSR count). The number of hydrogen-bond donors (Lipinski definition) is 2. The lowest BCUT2D eigenvalue weighted by Crippen LogP contribution is -2.26. The third-order valence-electron chi connectivity index (χ3n) is 3.91. The van der Waals surface area contributed by atoms with E-state index in [0.717, 1.165) is 23.8 Å². The van der Waals surface area contributed by atoms with Gasteiger partial charge in [0, 0.05) is 19.4 Å². The van der Waals surface area contributed by atoms with Gasteiger partial charge in [-0.25, -0.2) is 22.5 Å². The Morgan fingerprint density at radius 3 is 2.63 bits per heavy atom. The molecule has 142 valence electrons. The number of halogens is 2. The molecule has 0 aliphatic carbocycles. The molecule has 1 aromatic heterocycles. The fraction of sp³-hybridized carbons (Fsp3) is 0.222. The minimum absolute atomic E-state index is 0.0936. The number of nitrogens with zero attached hydrogens (tertiary/aromatic N) is 2. The highest BCUT2D eigenvalue weighted by atomic mass is 35.5. The van der Waals surface area contributed by atoms with Crippen molar-refractivity contribution < 1.29 is 12.8 Å². The minimum Gasteiger partial charge on any atom is -0.263 e. The maximum atomic E-state index is 13.2. The van der Waals surface area contributed by atoms with Crippen molar-refractivity contribution in [2.45, 2.75) is 24.7 Å². The van der Waals surface area contributed by atoms with E-state index in [1.807, 2.05) is 31.2 Å². The van der Waals surface area contributed by atoms with Crippen LogP contribution >= 0.6 is 11.6 Å². The summed E-state index contributed by atoms with van der Waals surface area (Å²) in [5.41, 5.74) is 2.30. The van der Waals surface area contributed by atoms with Gasteiger partial charge < -0.3 is 0 Å². The van der Waals surface area contributed by atoms with Gasteiger partial charge in [0.1, 0.15) is 11.6 Å². The molecule has 0 unspecified atom stereocenters. The molecule has 2 N–H and O–H groups in total. The van der Waals surface area contributed by atoms with E-state index in [1.54, 1.807) is 0 Å². The van der Waals surface area contributed by atoms with Crippen LogP contribution in [0, 0.1) is 12.7 Å². The standard InChI is InChI=1S/C18H18ClFN4O2S/c1-12-2-4-13(5-3-12)10-18-22-17(23-24-18)8-9-21-27(25,26)14-6-7-16(20)15(19)11-14/h2-7,11,21H,8-10H2,1H3,(H,22,23,24). The van der Waals surface area contributed by atoms with Gasteiger partial charge in [0.15, 0.2) is 5.82 Å². The number of rotatable bonds is 7. The second kappa shape index (κ2) is 8.16. The molecular formula is C18H18ClFN4O2S. The zero-order valence-corrected chi connectivity index (χ0v) is 16.1. The number of aryl methyl sites for hydroxylation is 1. The first-order valence-electron chi connectivity index (χ1n) is 8.24. The Bertz CT molecular complexity index is 1040. The summed E-state index contributed by atoms with van der Waals surface area (Å²) in [6.07, 6.45) is 0.936. The maximum Gasteiger partial charge on any atom is 0.240 e. The molecule has 0 radical (unpaired) electrons. The van der Waals surface area contributed by atoms with Gasteiger partial charge in [0.05, 0.1) is 9.92 Å². The Balaban J connectivity index is 1.56. The first kappa shape index (κ1) is 19.5. The van der Waals surface area contributed by atoms with Crippen molar-refractivity contribution >= 4 is 21.6 Å². The topological polar surface area (TPSA) is 87.7 Å². The van der Waals surface area contributed by atoms with Crippen molar-refractivity contribution in [3.05, 3.63) is 76.1 Å². The summed E-state index contributed by atoms with van der Waals surface area (Å²) >= 11 is 5.64. The van der Waals surface area contributed by atoms with Crippen molar-refractivity contribution in [2.75, 3.05) is 6.54 Å². The van der Waals surface area contributed by atoms with Crippen LogP contribution in [0.5, 0.6) is 0 Å². The van der Waals surface area contributed by atoms with Gasteiger partial charge in [-0.3, -0.25) is 5.10 Å². The van der Waals surface area contributed by atoms with Crippen molar-refractivity contribution in [3.8, 4) is 0 Å². The Kier molecular flexibility index (Phi) is 5.88. The summed E-state index contributed by atoms with van der Waals surface area (Å²) in [6.45, 7) is 2.14. The quantitative estimate of drug-likeness (QED) is 0.629. The van der Waals surface area contributed by atoms with Crippen LogP contribution in [0.3, 0.4) is 0 Å². The van der Waals surface area contributed by atoms with E-state index in [2.05, 4.69) is 19.9 Å². The average molecular weight is 409 g/mol. The van der Waals surface area contributed by atoms with Crippen LogP contribution in [0.25, 0.3) is 0 Å². The molecule has 1 heterocycles. The fourth-order valence-corrected chi connectivity index (χ4v) is 3.75. The summed E-state index contributed by atoms with van der Waals surface area (Å²) in [7, 11) is -3.78. The molecule has 0 atom stereocenters. The number of H-pyrrole nitrogens is 1. The average Bonchev–Trinajstić information content (AvgIpc) is 3.06. The predicted octanol–water partition coefficient (Wildman–Crippen LogP) is 3.02. The zero-order valence-electron chi connectivity index (χ0n) is 14.5. The van der Waals surface area contributed by atoms with Gasteiger partial charge >= 0.3 is 0 Å². The highest BCUT2D eigenvalue weighted by Gasteiger charge is 2.16. The molecule has 9 heteroatoms. The minimum atomic E-state index is -3.78. The van der Waals surface area contributed by atoms with Gasteiger partial charge in [-0.05, 0) is 30.7 Å². The van der Waals surface area contributed by atoms with E-state index in [4.69, 9.17) is 11.6 Å². The second-order valence-corrected chi connectivity index (χ2v) is 8.26. The van der Waals surface area contributed by atoms with Crippen LogP contribution < -0.4 is 4.72 Å². The second-order valence-electron chi connectivity index (χ2n) is 6.08. The van der Waals surface area contributed by atoms with Crippen molar-refractivity contribution in [2.24, 2.45) is 0 Å². The monoisotopic (exact) mass is 408 g/mol. The first-order chi connectivity index (χ1) is 12.8. The molecule has 0 aliphatic rings. The zero-order chi connectivity index (χ0) is 19.4. The third kappa shape index (κ3) is 5.12. The molecule has 0 saturated heterocycles. The summed E-state index contributed by atoms with van der Waals surface area (Å²) < 4.78 is 40.0. The summed E-state index contributed by atoms with van der Waals surface area (Å²) in [5.74, 6) is 0.552. The number of nitrogens with one attached hydrogen (secondary N) is 2. The summed E-state index contributed by atoms with van der Waals surface area (Å²) in [5, 5.41) is 6.73. The first-order valence-corrected chi connectivity index (χ1v) is 10.1. The summed E-state index contributed by atoms with van der Waals surface area (Å²) in [4.78, 5) is 4.28. The summed E-state index contributed by atoms with van der Waals surface area (Å²) in [6, 6.07) is 11.4. The van der Waals surface area contributed by atoms with E-state index in [0.29, 0.717) is 24.5 Å². The van der Waals surface area contributed by atoms with Crippen LogP contribution in [0.4, 0.5) is 4.39 Å². The molecule has 0 bridgehead atoms. The molecule has 6 nitrogen and oxygen atoms in total. The molecule has 27 heavy (non-hydrogen) atoms. The van der Waals surface area contributed by atoms with Crippen LogP contribution in [-0.4, -0.2) is 30.1 Å². The van der Waals surface area contributed by atoms with Crippen LogP contribution in [-0.2, 0) is 22.9 Å². The Morgan fingerprint density at radius 2 is 1.93 bits per heavy atom. The van der Waals surface area contributed by atoms with Crippen molar-refractivity contribution in [1.82, 2.24) is 19.9 Å². The number of benzene rings is 2. The largest absolute Gasteiger partial charge is 0.263 e. The molecule has 0 fully saturated rings. The molecule has 0 aliphatic heterocycles. The van der Waals surface area contributed by atoms with Gasteiger partial charge in [0.25, 0.3) is 0 Å². The molecule has 0 saturated carbocycles. The van der Waals surface area contributed by atoms with Crippen molar-refractivity contribution in [3.63, 3.8) is 0 Å². The van der Waals surface area contributed by atoms with Crippen LogP contribution in [0.2, 0.25) is 5.02 Å². The SMILES string of the molecule is Cc1ccc(Cc2nc(CCNS(=O)(=O)c3ccc(F)c(Cl)c3)n[nH]2)cc1. The van der Waals surface area contributed by atoms with Gasteiger partial charge in [-0.1, -0.05) is 41.4 Å². The third-order valence-corrected chi connectivity index (χ3v) is 5.66. The van der Waals surface area contributed by atoms with Gasteiger partial charge in [-0.2, -0.15) is 5.10 Å². The Morgan fingerprint density at radius 1 is 1.19 bits per heavy atom. The van der Waals surface area contributed by atoms with Crippen LogP contribution in [0.15, 0.2) is 47.4 Å². The normalized spacial score (nSPS) is 11.7. The number of aromatic nitrogens is 3. The Labute approximate surface area is 161 Å². The number of hydrogen-bond acceptors (Lipinski definition) is 4. The Hall–Kier alpha value is -2.29. The lowest BCUT2D eigenvalue weighted by molar-refractivity contribution is 0.580. The smallest absolute Gasteiger partial charge is 0.240 e. The van der Waals surface area contributed by atoms with Crippen molar-refractivity contribution in [1.29, 1.82) is 0 Å². The van der Waals surface area contributed by atoms with E-state index < -0.39 is 15.8 Å². The van der Waals surface area contributed by atoms with Gasteiger partial charge in [0.2, 0.25) is 10.0 Å². The lowest BCUT2D eigenvalue weighted by atomic mass is 10.1. The van der Waals surface area contributed by atoms with E-state index in [9.17, 15) is 12.8 Å². The molecule has 3 aromatic rings. The maximum absolute atomic E-state index is 13.2. The highest BCUT2D eigenvalue weighted by molar-refractivity contribution is 7.89. The fourth-order valence-electron chi connectivity index (χ4n) is 2.45.